The summed E-state index contributed by atoms with van der Waals surface area (Å²) in [6.07, 6.45) is 2.34. The average molecular weight is 384 g/mol. The van der Waals surface area contributed by atoms with E-state index < -0.39 is 0 Å². The molecule has 0 aromatic heterocycles. The van der Waals surface area contributed by atoms with Crippen molar-refractivity contribution < 1.29 is 9.53 Å². The number of nitrogens with zero attached hydrogens (tertiary/aromatic N) is 2. The summed E-state index contributed by atoms with van der Waals surface area (Å²) in [5.74, 6) is 1.08. The fraction of sp³-hybridized carbons (Fsp3) is 0.333. The summed E-state index contributed by atoms with van der Waals surface area (Å²) in [5, 5.41) is 3.90. The third kappa shape index (κ3) is 5.50. The molecule has 3 rings (SSSR count). The van der Waals surface area contributed by atoms with E-state index in [-0.39, 0.29) is 5.91 Å². The summed E-state index contributed by atoms with van der Waals surface area (Å²) in [6.45, 7) is 3.95. The lowest BCUT2D eigenvalue weighted by atomic mass is 10.2. The fourth-order valence-electron chi connectivity index (χ4n) is 2.94. The molecule has 1 N–H and O–H groups in total. The van der Waals surface area contributed by atoms with Crippen LogP contribution in [-0.2, 0) is 4.79 Å². The van der Waals surface area contributed by atoms with Crippen LogP contribution in [0.5, 0.6) is 5.75 Å². The quantitative estimate of drug-likeness (QED) is 0.612. The second-order valence-corrected chi connectivity index (χ2v) is 7.38. The van der Waals surface area contributed by atoms with Crippen LogP contribution in [0.3, 0.4) is 0 Å². The topological polar surface area (TPSA) is 53.9 Å². The van der Waals surface area contributed by atoms with Crippen LogP contribution in [0.2, 0.25) is 0 Å². The number of carbonyl (C=O) groups is 1. The number of rotatable bonds is 5. The lowest BCUT2D eigenvalue weighted by Gasteiger charge is -2.19. The van der Waals surface area contributed by atoms with Gasteiger partial charge in [-0.25, -0.2) is 4.99 Å². The molecule has 5 nitrogen and oxygen atoms in total. The molecule has 1 heterocycles. The molecule has 0 radical (unpaired) electrons. The van der Waals surface area contributed by atoms with Gasteiger partial charge in [-0.3, -0.25) is 4.79 Å². The maximum atomic E-state index is 12.5. The van der Waals surface area contributed by atoms with E-state index in [1.807, 2.05) is 55.5 Å². The predicted octanol–water partition coefficient (Wildman–Crippen LogP) is 4.46. The minimum Gasteiger partial charge on any atom is -0.497 e. The van der Waals surface area contributed by atoms with Gasteiger partial charge in [0, 0.05) is 18.8 Å². The number of para-hydroxylation sites is 1. The molecule has 1 saturated heterocycles. The summed E-state index contributed by atoms with van der Waals surface area (Å²) >= 11 is 1.49. The Balaban J connectivity index is 1.64. The van der Waals surface area contributed by atoms with Crippen LogP contribution in [0.15, 0.2) is 53.5 Å². The molecule has 6 heteroatoms. The minimum atomic E-state index is -0.0341. The SMILES string of the molecule is COc1ccc(NC(=O)CSC(=Nc2ccccc2)N2CCCC2)c(C)c1. The molecule has 0 aliphatic carbocycles. The smallest absolute Gasteiger partial charge is 0.234 e. The van der Waals surface area contributed by atoms with Crippen molar-refractivity contribution in [2.75, 3.05) is 31.3 Å². The summed E-state index contributed by atoms with van der Waals surface area (Å²) in [5.41, 5.74) is 2.70. The van der Waals surface area contributed by atoms with Gasteiger partial charge in [0.05, 0.1) is 18.6 Å². The first-order valence-corrected chi connectivity index (χ1v) is 10.1. The second kappa shape index (κ2) is 9.46. The molecule has 0 unspecified atom stereocenters. The predicted molar refractivity (Wildman–Crippen MR) is 113 cm³/mol. The molecule has 0 saturated carbocycles. The van der Waals surface area contributed by atoms with Gasteiger partial charge in [0.15, 0.2) is 5.17 Å². The van der Waals surface area contributed by atoms with Gasteiger partial charge in [-0.05, 0) is 55.7 Å². The molecule has 0 bridgehead atoms. The molecule has 142 valence electrons. The van der Waals surface area contributed by atoms with Crippen molar-refractivity contribution >= 4 is 34.2 Å². The zero-order valence-corrected chi connectivity index (χ0v) is 16.6. The third-order valence-corrected chi connectivity index (χ3v) is 5.41. The van der Waals surface area contributed by atoms with E-state index in [2.05, 4.69) is 10.2 Å². The number of carbonyl (C=O) groups excluding carboxylic acids is 1. The molecule has 1 amide bonds. The Kier molecular flexibility index (Phi) is 6.76. The number of amides is 1. The molecule has 1 aliphatic rings. The Morgan fingerprint density at radius 1 is 1.19 bits per heavy atom. The number of anilines is 1. The van der Waals surface area contributed by atoms with Crippen molar-refractivity contribution in [1.29, 1.82) is 0 Å². The van der Waals surface area contributed by atoms with Crippen molar-refractivity contribution in [3.05, 3.63) is 54.1 Å². The number of hydrogen-bond donors (Lipinski definition) is 1. The molecule has 27 heavy (non-hydrogen) atoms. The zero-order valence-electron chi connectivity index (χ0n) is 15.8. The Labute approximate surface area is 164 Å². The highest BCUT2D eigenvalue weighted by molar-refractivity contribution is 8.14. The van der Waals surface area contributed by atoms with E-state index in [9.17, 15) is 4.79 Å². The standard InChI is InChI=1S/C21H25N3O2S/c1-16-14-18(26-2)10-11-19(16)23-20(25)15-27-21(24-12-6-7-13-24)22-17-8-4-3-5-9-17/h3-5,8-11,14H,6-7,12-13,15H2,1-2H3,(H,23,25). The van der Waals surface area contributed by atoms with Crippen LogP contribution in [-0.4, -0.2) is 41.9 Å². The zero-order chi connectivity index (χ0) is 19.1. The van der Waals surface area contributed by atoms with Crippen molar-refractivity contribution in [2.45, 2.75) is 19.8 Å². The lowest BCUT2D eigenvalue weighted by Crippen LogP contribution is -2.27. The van der Waals surface area contributed by atoms with Crippen LogP contribution in [0.4, 0.5) is 11.4 Å². The van der Waals surface area contributed by atoms with Gasteiger partial charge in [-0.15, -0.1) is 0 Å². The molecule has 0 spiro atoms. The highest BCUT2D eigenvalue weighted by atomic mass is 32.2. The fourth-order valence-corrected chi connectivity index (χ4v) is 3.80. The number of nitrogens with one attached hydrogen (secondary N) is 1. The number of aryl methyl sites for hydroxylation is 1. The first-order chi connectivity index (χ1) is 13.2. The molecular weight excluding hydrogens is 358 g/mol. The first-order valence-electron chi connectivity index (χ1n) is 9.11. The number of aliphatic imine (C=N–C) groups is 1. The summed E-state index contributed by atoms with van der Waals surface area (Å²) in [6, 6.07) is 15.5. The highest BCUT2D eigenvalue weighted by Gasteiger charge is 2.18. The van der Waals surface area contributed by atoms with E-state index in [1.165, 1.54) is 24.6 Å². The second-order valence-electron chi connectivity index (χ2n) is 6.44. The normalized spacial score (nSPS) is 14.3. The van der Waals surface area contributed by atoms with Crippen LogP contribution >= 0.6 is 11.8 Å². The Bertz CT molecular complexity index is 802. The van der Waals surface area contributed by atoms with E-state index in [0.717, 1.165) is 40.9 Å². The number of likely N-dealkylation sites (tertiary alicyclic amines) is 1. The van der Waals surface area contributed by atoms with E-state index >= 15 is 0 Å². The number of thioether (sulfide) groups is 1. The number of amidine groups is 1. The Hall–Kier alpha value is -2.47. The molecule has 2 aromatic rings. The van der Waals surface area contributed by atoms with Crippen molar-refractivity contribution in [1.82, 2.24) is 4.90 Å². The van der Waals surface area contributed by atoms with Gasteiger partial charge < -0.3 is 15.0 Å². The van der Waals surface area contributed by atoms with Gasteiger partial charge in [0.1, 0.15) is 5.75 Å². The number of hydrogen-bond acceptors (Lipinski definition) is 4. The van der Waals surface area contributed by atoms with Crippen LogP contribution < -0.4 is 10.1 Å². The Morgan fingerprint density at radius 2 is 1.93 bits per heavy atom. The van der Waals surface area contributed by atoms with Gasteiger partial charge in [-0.1, -0.05) is 30.0 Å². The minimum absolute atomic E-state index is 0.0341. The van der Waals surface area contributed by atoms with Crippen LogP contribution in [0, 0.1) is 6.92 Å². The number of benzene rings is 2. The van der Waals surface area contributed by atoms with Crippen molar-refractivity contribution in [3.63, 3.8) is 0 Å². The summed E-state index contributed by atoms with van der Waals surface area (Å²) in [7, 11) is 1.63. The maximum absolute atomic E-state index is 12.5. The molecule has 0 atom stereocenters. The van der Waals surface area contributed by atoms with Crippen molar-refractivity contribution in [2.24, 2.45) is 4.99 Å². The van der Waals surface area contributed by atoms with Gasteiger partial charge in [-0.2, -0.15) is 0 Å². The van der Waals surface area contributed by atoms with Crippen molar-refractivity contribution in [3.8, 4) is 5.75 Å². The maximum Gasteiger partial charge on any atom is 0.234 e. The summed E-state index contributed by atoms with van der Waals surface area (Å²) in [4.78, 5) is 19.5. The van der Waals surface area contributed by atoms with E-state index in [0.29, 0.717) is 5.75 Å². The largest absolute Gasteiger partial charge is 0.497 e. The lowest BCUT2D eigenvalue weighted by molar-refractivity contribution is -0.113. The van der Waals surface area contributed by atoms with Gasteiger partial charge in [0.2, 0.25) is 5.91 Å². The highest BCUT2D eigenvalue weighted by Crippen LogP contribution is 2.23. The molecule has 1 fully saturated rings. The van der Waals surface area contributed by atoms with Crippen LogP contribution in [0.1, 0.15) is 18.4 Å². The first kappa shape index (κ1) is 19.3. The Morgan fingerprint density at radius 3 is 2.59 bits per heavy atom. The monoisotopic (exact) mass is 383 g/mol. The summed E-state index contributed by atoms with van der Waals surface area (Å²) < 4.78 is 5.21. The molecular formula is C21H25N3O2S. The third-order valence-electron chi connectivity index (χ3n) is 4.40. The molecule has 1 aliphatic heterocycles. The van der Waals surface area contributed by atoms with Crippen LogP contribution in [0.25, 0.3) is 0 Å². The van der Waals surface area contributed by atoms with E-state index in [1.54, 1.807) is 7.11 Å². The van der Waals surface area contributed by atoms with E-state index in [4.69, 9.17) is 9.73 Å². The van der Waals surface area contributed by atoms with Gasteiger partial charge >= 0.3 is 0 Å². The number of methoxy groups -OCH3 is 1. The van der Waals surface area contributed by atoms with Gasteiger partial charge in [0.25, 0.3) is 0 Å². The average Bonchev–Trinajstić information content (AvgIpc) is 3.22. The molecule has 2 aromatic carbocycles. The number of ether oxygens (including phenoxy) is 1.